The fourth-order valence-electron chi connectivity index (χ4n) is 3.94. The van der Waals surface area contributed by atoms with E-state index in [2.05, 4.69) is 0 Å². The second-order valence-corrected chi connectivity index (χ2v) is 7.11. The predicted octanol–water partition coefficient (Wildman–Crippen LogP) is 3.26. The van der Waals surface area contributed by atoms with Crippen LogP contribution in [0.1, 0.15) is 28.2 Å². The molecule has 2 N–H and O–H groups in total. The summed E-state index contributed by atoms with van der Waals surface area (Å²) in [5, 5.41) is 0. The van der Waals surface area contributed by atoms with Gasteiger partial charge in [0.2, 0.25) is 11.8 Å². The fourth-order valence-corrected chi connectivity index (χ4v) is 3.94. The monoisotopic (exact) mass is 370 g/mol. The lowest BCUT2D eigenvalue weighted by molar-refractivity contribution is -0.141. The number of primary amides is 1. The van der Waals surface area contributed by atoms with Crippen molar-refractivity contribution in [1.82, 2.24) is 4.90 Å². The van der Waals surface area contributed by atoms with E-state index in [1.54, 1.807) is 4.90 Å². The van der Waals surface area contributed by atoms with Gasteiger partial charge in [-0.1, -0.05) is 84.9 Å². The van der Waals surface area contributed by atoms with Crippen molar-refractivity contribution in [1.29, 1.82) is 0 Å². The first-order valence-electron chi connectivity index (χ1n) is 9.41. The van der Waals surface area contributed by atoms with Gasteiger partial charge in [0, 0.05) is 13.0 Å². The van der Waals surface area contributed by atoms with Gasteiger partial charge in [-0.2, -0.15) is 0 Å². The van der Waals surface area contributed by atoms with Crippen LogP contribution in [-0.4, -0.2) is 22.8 Å². The van der Waals surface area contributed by atoms with Crippen molar-refractivity contribution < 1.29 is 9.59 Å². The lowest BCUT2D eigenvalue weighted by Crippen LogP contribution is -2.52. The highest BCUT2D eigenvalue weighted by atomic mass is 16.2. The third kappa shape index (κ3) is 3.41. The molecule has 0 fully saturated rings. The van der Waals surface area contributed by atoms with Crippen LogP contribution in [-0.2, 0) is 22.6 Å². The van der Waals surface area contributed by atoms with Crippen molar-refractivity contribution in [3.05, 3.63) is 107 Å². The predicted molar refractivity (Wildman–Crippen MR) is 108 cm³/mol. The summed E-state index contributed by atoms with van der Waals surface area (Å²) in [6, 6.07) is 26.6. The topological polar surface area (TPSA) is 63.4 Å². The van der Waals surface area contributed by atoms with E-state index < -0.39 is 17.9 Å². The minimum atomic E-state index is -0.641. The van der Waals surface area contributed by atoms with Crippen molar-refractivity contribution in [2.75, 3.05) is 0 Å². The van der Waals surface area contributed by atoms with Gasteiger partial charge in [-0.15, -0.1) is 0 Å². The van der Waals surface area contributed by atoms with Crippen LogP contribution in [0.15, 0.2) is 84.9 Å². The largest absolute Gasteiger partial charge is 0.368 e. The third-order valence-electron chi connectivity index (χ3n) is 5.37. The molecule has 3 aromatic rings. The smallest absolute Gasteiger partial charge is 0.240 e. The van der Waals surface area contributed by atoms with Crippen LogP contribution in [0.2, 0.25) is 0 Å². The molecule has 0 saturated heterocycles. The molecule has 1 aliphatic rings. The first-order chi connectivity index (χ1) is 13.6. The Morgan fingerprint density at radius 1 is 0.786 bits per heavy atom. The standard InChI is InChI=1S/C24H22N2O2/c25-23(27)21-15-19-13-7-8-14-20(19)16-26(21)24(28)22(17-9-3-1-4-10-17)18-11-5-2-6-12-18/h1-14,21-22H,15-16H2,(H2,25,27)/t21-/m0/s1. The number of hydrogen-bond acceptors (Lipinski definition) is 2. The van der Waals surface area contributed by atoms with Gasteiger partial charge in [-0.3, -0.25) is 9.59 Å². The molecule has 0 saturated carbocycles. The lowest BCUT2D eigenvalue weighted by atomic mass is 9.87. The van der Waals surface area contributed by atoms with E-state index in [-0.39, 0.29) is 5.91 Å². The van der Waals surface area contributed by atoms with Gasteiger partial charge in [-0.05, 0) is 22.3 Å². The number of carbonyl (C=O) groups is 2. The molecule has 140 valence electrons. The molecule has 0 spiro atoms. The molecule has 0 bridgehead atoms. The lowest BCUT2D eigenvalue weighted by Gasteiger charge is -2.37. The Morgan fingerprint density at radius 2 is 1.29 bits per heavy atom. The summed E-state index contributed by atoms with van der Waals surface area (Å²) in [7, 11) is 0. The molecule has 4 heteroatoms. The van der Waals surface area contributed by atoms with Crippen LogP contribution in [0.3, 0.4) is 0 Å². The maximum Gasteiger partial charge on any atom is 0.240 e. The van der Waals surface area contributed by atoms with Crippen molar-refractivity contribution in [2.45, 2.75) is 24.9 Å². The Balaban J connectivity index is 1.76. The Kier molecular flexibility index (Phi) is 4.94. The van der Waals surface area contributed by atoms with Gasteiger partial charge in [0.1, 0.15) is 6.04 Å². The van der Waals surface area contributed by atoms with E-state index >= 15 is 0 Å². The van der Waals surface area contributed by atoms with E-state index in [1.807, 2.05) is 84.9 Å². The Morgan fingerprint density at radius 3 is 1.82 bits per heavy atom. The number of nitrogens with two attached hydrogens (primary N) is 1. The van der Waals surface area contributed by atoms with Crippen LogP contribution in [0.5, 0.6) is 0 Å². The molecule has 28 heavy (non-hydrogen) atoms. The molecule has 1 aliphatic heterocycles. The number of amides is 2. The van der Waals surface area contributed by atoms with Crippen LogP contribution < -0.4 is 5.73 Å². The van der Waals surface area contributed by atoms with Crippen LogP contribution in [0.4, 0.5) is 0 Å². The molecular formula is C24H22N2O2. The molecule has 4 nitrogen and oxygen atoms in total. The molecular weight excluding hydrogens is 348 g/mol. The summed E-state index contributed by atoms with van der Waals surface area (Å²) in [4.78, 5) is 27.6. The van der Waals surface area contributed by atoms with Crippen molar-refractivity contribution in [2.24, 2.45) is 5.73 Å². The highest BCUT2D eigenvalue weighted by Gasteiger charge is 2.37. The second kappa shape index (κ2) is 7.69. The maximum absolute atomic E-state index is 13.7. The van der Waals surface area contributed by atoms with Crippen molar-refractivity contribution in [3.63, 3.8) is 0 Å². The van der Waals surface area contributed by atoms with Gasteiger partial charge in [0.05, 0.1) is 5.92 Å². The summed E-state index contributed by atoms with van der Waals surface area (Å²) >= 11 is 0. The number of benzene rings is 3. The van der Waals surface area contributed by atoms with Gasteiger partial charge in [-0.25, -0.2) is 0 Å². The third-order valence-corrected chi connectivity index (χ3v) is 5.37. The average molecular weight is 370 g/mol. The summed E-state index contributed by atoms with van der Waals surface area (Å²) < 4.78 is 0. The Labute approximate surface area is 164 Å². The summed E-state index contributed by atoms with van der Waals surface area (Å²) in [6.45, 7) is 0.388. The molecule has 0 radical (unpaired) electrons. The molecule has 1 heterocycles. The zero-order chi connectivity index (χ0) is 19.5. The quantitative estimate of drug-likeness (QED) is 0.766. The van der Waals surface area contributed by atoms with Crippen LogP contribution in [0, 0.1) is 0 Å². The molecule has 3 aromatic carbocycles. The summed E-state index contributed by atoms with van der Waals surface area (Å²) in [5.41, 5.74) is 9.64. The van der Waals surface area contributed by atoms with E-state index in [0.29, 0.717) is 13.0 Å². The highest BCUT2D eigenvalue weighted by molar-refractivity contribution is 5.92. The Bertz CT molecular complexity index is 946. The van der Waals surface area contributed by atoms with Crippen molar-refractivity contribution in [3.8, 4) is 0 Å². The first kappa shape index (κ1) is 18.0. The normalized spacial score (nSPS) is 15.9. The zero-order valence-electron chi connectivity index (χ0n) is 15.5. The second-order valence-electron chi connectivity index (χ2n) is 7.11. The number of hydrogen-bond donors (Lipinski definition) is 1. The van der Waals surface area contributed by atoms with E-state index in [0.717, 1.165) is 22.3 Å². The molecule has 1 atom stereocenters. The van der Waals surface area contributed by atoms with Crippen molar-refractivity contribution >= 4 is 11.8 Å². The summed E-state index contributed by atoms with van der Waals surface area (Å²) in [6.07, 6.45) is 0.452. The molecule has 0 aliphatic carbocycles. The zero-order valence-corrected chi connectivity index (χ0v) is 15.5. The van der Waals surface area contributed by atoms with Gasteiger partial charge in [0.25, 0.3) is 0 Å². The highest BCUT2D eigenvalue weighted by Crippen LogP contribution is 2.31. The van der Waals surface area contributed by atoms with Crippen LogP contribution >= 0.6 is 0 Å². The average Bonchev–Trinajstić information content (AvgIpc) is 2.74. The van der Waals surface area contributed by atoms with E-state index in [4.69, 9.17) is 5.73 Å². The van der Waals surface area contributed by atoms with Gasteiger partial charge >= 0.3 is 0 Å². The minimum absolute atomic E-state index is 0.101. The molecule has 4 rings (SSSR count). The number of fused-ring (bicyclic) bond motifs is 1. The van der Waals surface area contributed by atoms with Gasteiger partial charge < -0.3 is 10.6 Å². The number of carbonyl (C=O) groups excluding carboxylic acids is 2. The molecule has 0 aromatic heterocycles. The fraction of sp³-hybridized carbons (Fsp3) is 0.167. The molecule has 0 unspecified atom stereocenters. The first-order valence-corrected chi connectivity index (χ1v) is 9.41. The van der Waals surface area contributed by atoms with E-state index in [1.165, 1.54) is 0 Å². The molecule has 2 amide bonds. The van der Waals surface area contributed by atoms with E-state index in [9.17, 15) is 9.59 Å². The maximum atomic E-state index is 13.7. The minimum Gasteiger partial charge on any atom is -0.368 e. The number of nitrogens with zero attached hydrogens (tertiary/aromatic N) is 1. The summed E-state index contributed by atoms with van der Waals surface area (Å²) in [5.74, 6) is -1.05. The van der Waals surface area contributed by atoms with Crippen LogP contribution in [0.25, 0.3) is 0 Å². The van der Waals surface area contributed by atoms with Gasteiger partial charge in [0.15, 0.2) is 0 Å². The number of rotatable bonds is 4. The SMILES string of the molecule is NC(=O)[C@@H]1Cc2ccccc2CN1C(=O)C(c1ccccc1)c1ccccc1. The Hall–Kier alpha value is -3.40.